The van der Waals surface area contributed by atoms with Gasteiger partial charge in [-0.05, 0) is 18.2 Å². The van der Waals surface area contributed by atoms with Crippen LogP contribution in [0.5, 0.6) is 0 Å². The smallest absolute Gasteiger partial charge is 0.138 e. The molecule has 0 aromatic heterocycles. The molecule has 0 bridgehead atoms. The summed E-state index contributed by atoms with van der Waals surface area (Å²) in [5.74, 6) is 0.328. The third kappa shape index (κ3) is 2.60. The predicted molar refractivity (Wildman–Crippen MR) is 52.0 cm³/mol. The van der Waals surface area contributed by atoms with Gasteiger partial charge in [-0.25, -0.2) is 4.39 Å². The lowest BCUT2D eigenvalue weighted by atomic mass is 10.2. The Hall–Kier alpha value is -1.27. The van der Waals surface area contributed by atoms with Gasteiger partial charge < -0.3 is 0 Å². The SMILES string of the molecule is C=CCSc1ccc(C#N)cc1F. The average molecular weight is 193 g/mol. The number of hydrogen-bond acceptors (Lipinski definition) is 2. The van der Waals surface area contributed by atoms with Crippen LogP contribution in [0.1, 0.15) is 5.56 Å². The maximum absolute atomic E-state index is 13.2. The third-order valence-corrected chi connectivity index (χ3v) is 2.46. The molecule has 1 rings (SSSR count). The van der Waals surface area contributed by atoms with E-state index >= 15 is 0 Å². The number of benzene rings is 1. The topological polar surface area (TPSA) is 23.8 Å². The van der Waals surface area contributed by atoms with E-state index in [-0.39, 0.29) is 5.82 Å². The van der Waals surface area contributed by atoms with Crippen LogP contribution >= 0.6 is 11.8 Å². The Kier molecular flexibility index (Phi) is 3.53. The zero-order chi connectivity index (χ0) is 9.68. The molecule has 0 aliphatic rings. The van der Waals surface area contributed by atoms with Crippen LogP contribution in [0.2, 0.25) is 0 Å². The molecule has 0 amide bonds. The Bertz CT molecular complexity index is 354. The van der Waals surface area contributed by atoms with Gasteiger partial charge in [0, 0.05) is 10.6 Å². The van der Waals surface area contributed by atoms with Gasteiger partial charge in [0.1, 0.15) is 5.82 Å². The first-order chi connectivity index (χ1) is 6.27. The van der Waals surface area contributed by atoms with Gasteiger partial charge in [0.2, 0.25) is 0 Å². The maximum atomic E-state index is 13.2. The Morgan fingerprint density at radius 3 is 2.92 bits per heavy atom. The van der Waals surface area contributed by atoms with Gasteiger partial charge in [0.05, 0.1) is 11.6 Å². The van der Waals surface area contributed by atoms with E-state index in [1.807, 2.05) is 6.07 Å². The van der Waals surface area contributed by atoms with Gasteiger partial charge in [0.25, 0.3) is 0 Å². The molecule has 0 radical (unpaired) electrons. The summed E-state index contributed by atoms with van der Waals surface area (Å²) in [6.07, 6.45) is 1.71. The fraction of sp³-hybridized carbons (Fsp3) is 0.100. The highest BCUT2D eigenvalue weighted by Gasteiger charge is 2.02. The molecule has 0 fully saturated rings. The molecule has 13 heavy (non-hydrogen) atoms. The number of halogens is 1. The fourth-order valence-corrected chi connectivity index (χ4v) is 1.49. The Balaban J connectivity index is 2.86. The molecule has 1 nitrogen and oxygen atoms in total. The van der Waals surface area contributed by atoms with E-state index in [4.69, 9.17) is 5.26 Å². The second-order valence-electron chi connectivity index (χ2n) is 2.36. The molecule has 0 aliphatic carbocycles. The summed E-state index contributed by atoms with van der Waals surface area (Å²) in [6, 6.07) is 6.34. The second kappa shape index (κ2) is 4.68. The zero-order valence-electron chi connectivity index (χ0n) is 6.96. The predicted octanol–water partition coefficient (Wildman–Crippen LogP) is 2.98. The molecule has 0 N–H and O–H groups in total. The van der Waals surface area contributed by atoms with Crippen molar-refractivity contribution >= 4 is 11.8 Å². The molecule has 0 unspecified atom stereocenters. The number of nitrogens with zero attached hydrogens (tertiary/aromatic N) is 1. The van der Waals surface area contributed by atoms with Crippen molar-refractivity contribution in [2.75, 3.05) is 5.75 Å². The van der Waals surface area contributed by atoms with E-state index in [9.17, 15) is 4.39 Å². The van der Waals surface area contributed by atoms with Crippen LogP contribution in [0, 0.1) is 17.1 Å². The van der Waals surface area contributed by atoms with E-state index in [2.05, 4.69) is 6.58 Å². The van der Waals surface area contributed by atoms with Crippen LogP contribution in [0.25, 0.3) is 0 Å². The standard InChI is InChI=1S/C10H8FNS/c1-2-5-13-10-4-3-8(7-12)6-9(10)11/h2-4,6H,1,5H2. The van der Waals surface area contributed by atoms with Gasteiger partial charge in [0.15, 0.2) is 0 Å². The van der Waals surface area contributed by atoms with Gasteiger partial charge in [-0.15, -0.1) is 18.3 Å². The van der Waals surface area contributed by atoms with Crippen molar-refractivity contribution < 1.29 is 4.39 Å². The number of nitriles is 1. The summed E-state index contributed by atoms with van der Waals surface area (Å²) < 4.78 is 13.2. The molecular weight excluding hydrogens is 185 g/mol. The molecule has 0 aliphatic heterocycles. The molecule has 0 saturated carbocycles. The summed E-state index contributed by atoms with van der Waals surface area (Å²) >= 11 is 1.36. The molecule has 1 aromatic carbocycles. The fourth-order valence-electron chi connectivity index (χ4n) is 0.836. The molecular formula is C10H8FNS. The number of rotatable bonds is 3. The Labute approximate surface area is 80.9 Å². The molecule has 0 spiro atoms. The maximum Gasteiger partial charge on any atom is 0.138 e. The Morgan fingerprint density at radius 1 is 1.62 bits per heavy atom. The van der Waals surface area contributed by atoms with Crippen molar-refractivity contribution in [1.29, 1.82) is 5.26 Å². The van der Waals surface area contributed by atoms with E-state index in [1.165, 1.54) is 17.8 Å². The average Bonchev–Trinajstić information content (AvgIpc) is 2.16. The van der Waals surface area contributed by atoms with Crippen LogP contribution in [-0.4, -0.2) is 5.75 Å². The van der Waals surface area contributed by atoms with E-state index < -0.39 is 0 Å². The number of hydrogen-bond donors (Lipinski definition) is 0. The minimum atomic E-state index is -0.342. The van der Waals surface area contributed by atoms with E-state index in [0.717, 1.165) is 0 Å². The molecule has 0 heterocycles. The minimum absolute atomic E-state index is 0.342. The lowest BCUT2D eigenvalue weighted by Gasteiger charge is -1.99. The molecule has 3 heteroatoms. The highest BCUT2D eigenvalue weighted by molar-refractivity contribution is 7.99. The van der Waals surface area contributed by atoms with E-state index in [1.54, 1.807) is 18.2 Å². The molecule has 0 atom stereocenters. The third-order valence-electron chi connectivity index (χ3n) is 1.42. The highest BCUT2D eigenvalue weighted by atomic mass is 32.2. The summed E-state index contributed by atoms with van der Waals surface area (Å²) in [5, 5.41) is 8.49. The van der Waals surface area contributed by atoms with Gasteiger partial charge in [-0.3, -0.25) is 0 Å². The lowest BCUT2D eigenvalue weighted by molar-refractivity contribution is 0.601. The Morgan fingerprint density at radius 2 is 2.38 bits per heavy atom. The van der Waals surface area contributed by atoms with Crippen LogP contribution in [0.3, 0.4) is 0 Å². The first-order valence-electron chi connectivity index (χ1n) is 3.71. The first kappa shape index (κ1) is 9.82. The van der Waals surface area contributed by atoms with E-state index in [0.29, 0.717) is 16.2 Å². The van der Waals surface area contributed by atoms with Crippen molar-refractivity contribution in [2.45, 2.75) is 4.90 Å². The second-order valence-corrected chi connectivity index (χ2v) is 3.42. The molecule has 66 valence electrons. The highest BCUT2D eigenvalue weighted by Crippen LogP contribution is 2.22. The number of thioether (sulfide) groups is 1. The van der Waals surface area contributed by atoms with Crippen molar-refractivity contribution in [3.8, 4) is 6.07 Å². The summed E-state index contributed by atoms with van der Waals surface area (Å²) in [5.41, 5.74) is 0.348. The molecule has 1 aromatic rings. The van der Waals surface area contributed by atoms with Gasteiger partial charge in [-0.1, -0.05) is 6.08 Å². The van der Waals surface area contributed by atoms with Crippen LogP contribution in [-0.2, 0) is 0 Å². The van der Waals surface area contributed by atoms with Crippen LogP contribution < -0.4 is 0 Å². The van der Waals surface area contributed by atoms with Crippen molar-refractivity contribution in [3.05, 3.63) is 42.2 Å². The van der Waals surface area contributed by atoms with Gasteiger partial charge in [-0.2, -0.15) is 5.26 Å². The zero-order valence-corrected chi connectivity index (χ0v) is 7.77. The van der Waals surface area contributed by atoms with Crippen LogP contribution in [0.15, 0.2) is 35.7 Å². The normalized spacial score (nSPS) is 9.23. The van der Waals surface area contributed by atoms with Crippen LogP contribution in [0.4, 0.5) is 4.39 Å². The summed E-state index contributed by atoms with van der Waals surface area (Å²) in [7, 11) is 0. The monoisotopic (exact) mass is 193 g/mol. The largest absolute Gasteiger partial charge is 0.206 e. The van der Waals surface area contributed by atoms with Crippen molar-refractivity contribution in [2.24, 2.45) is 0 Å². The quantitative estimate of drug-likeness (QED) is 0.544. The van der Waals surface area contributed by atoms with Crippen molar-refractivity contribution in [1.82, 2.24) is 0 Å². The first-order valence-corrected chi connectivity index (χ1v) is 4.70. The lowest BCUT2D eigenvalue weighted by Crippen LogP contribution is -1.83. The van der Waals surface area contributed by atoms with Crippen molar-refractivity contribution in [3.63, 3.8) is 0 Å². The van der Waals surface area contributed by atoms with Gasteiger partial charge >= 0.3 is 0 Å². The minimum Gasteiger partial charge on any atom is -0.206 e. The molecule has 0 saturated heterocycles. The summed E-state index contributed by atoms with van der Waals surface area (Å²) in [6.45, 7) is 3.54. The summed E-state index contributed by atoms with van der Waals surface area (Å²) in [4.78, 5) is 0.555.